The molecule has 0 bridgehead atoms. The Bertz CT molecular complexity index is 265. The Morgan fingerprint density at radius 2 is 1.94 bits per heavy atom. The van der Waals surface area contributed by atoms with Crippen LogP contribution in [0.3, 0.4) is 0 Å². The van der Waals surface area contributed by atoms with E-state index in [4.69, 9.17) is 0 Å². The van der Waals surface area contributed by atoms with Gasteiger partial charge in [0.05, 0.1) is 0 Å². The van der Waals surface area contributed by atoms with Gasteiger partial charge < -0.3 is 10.6 Å². The van der Waals surface area contributed by atoms with Gasteiger partial charge in [0.1, 0.15) is 6.04 Å². The summed E-state index contributed by atoms with van der Waals surface area (Å²) < 4.78 is 0. The van der Waals surface area contributed by atoms with Gasteiger partial charge in [-0.2, -0.15) is 11.8 Å². The van der Waals surface area contributed by atoms with Crippen LogP contribution in [0.15, 0.2) is 0 Å². The molecule has 1 aliphatic rings. The molecule has 2 N–H and O–H groups in total. The monoisotopic (exact) mass is 258 g/mol. The molecule has 98 valence electrons. The lowest BCUT2D eigenvalue weighted by atomic mass is 9.88. The molecule has 0 aliphatic heterocycles. The third-order valence-corrected chi connectivity index (χ3v) is 3.86. The molecule has 0 saturated heterocycles. The van der Waals surface area contributed by atoms with Crippen molar-refractivity contribution in [1.29, 1.82) is 0 Å². The molecule has 2 amide bonds. The number of carbonyl (C=O) groups excluding carboxylic acids is 2. The van der Waals surface area contributed by atoms with Crippen LogP contribution in [-0.4, -0.2) is 36.9 Å². The van der Waals surface area contributed by atoms with Crippen LogP contribution in [0.25, 0.3) is 0 Å². The lowest BCUT2D eigenvalue weighted by Crippen LogP contribution is -2.49. The molecule has 0 spiro atoms. The van der Waals surface area contributed by atoms with Gasteiger partial charge in [0.25, 0.3) is 0 Å². The highest BCUT2D eigenvalue weighted by molar-refractivity contribution is 7.98. The second-order valence-corrected chi connectivity index (χ2v) is 5.38. The second-order valence-electron chi connectivity index (χ2n) is 4.47. The van der Waals surface area contributed by atoms with E-state index in [9.17, 15) is 9.59 Å². The van der Waals surface area contributed by atoms with Crippen molar-refractivity contribution in [1.82, 2.24) is 10.6 Å². The Balaban J connectivity index is 2.47. The minimum absolute atomic E-state index is 0.0485. The molecule has 0 unspecified atom stereocenters. The van der Waals surface area contributed by atoms with E-state index in [0.717, 1.165) is 25.7 Å². The van der Waals surface area contributed by atoms with Crippen LogP contribution in [0.1, 0.15) is 32.1 Å². The standard InChI is InChI=1S/C12H22N2O2S/c1-13-12(16)10(8-17-2)14-11(15)9-6-4-3-5-7-9/h9-10H,3-8H2,1-2H3,(H,13,16)(H,14,15)/t10-/m0/s1. The fraction of sp³-hybridized carbons (Fsp3) is 0.833. The van der Waals surface area contributed by atoms with Crippen molar-refractivity contribution >= 4 is 23.6 Å². The quantitative estimate of drug-likeness (QED) is 0.778. The summed E-state index contributed by atoms with van der Waals surface area (Å²) in [5.41, 5.74) is 0. The molecule has 1 atom stereocenters. The molecular formula is C12H22N2O2S. The van der Waals surface area contributed by atoms with E-state index in [0.29, 0.717) is 5.75 Å². The SMILES string of the molecule is CNC(=O)[C@H](CSC)NC(=O)C1CCCCC1. The minimum atomic E-state index is -0.399. The molecule has 5 heteroatoms. The molecule has 1 rings (SSSR count). The first kappa shape index (κ1) is 14.4. The normalized spacial score (nSPS) is 18.5. The zero-order valence-corrected chi connectivity index (χ0v) is 11.4. The van der Waals surface area contributed by atoms with Crippen LogP contribution in [-0.2, 0) is 9.59 Å². The molecule has 0 radical (unpaired) electrons. The smallest absolute Gasteiger partial charge is 0.243 e. The maximum Gasteiger partial charge on any atom is 0.243 e. The first-order valence-corrected chi connectivity index (χ1v) is 7.59. The number of rotatable bonds is 5. The lowest BCUT2D eigenvalue weighted by Gasteiger charge is -2.23. The van der Waals surface area contributed by atoms with Crippen LogP contribution in [0.2, 0.25) is 0 Å². The summed E-state index contributed by atoms with van der Waals surface area (Å²) in [4.78, 5) is 23.6. The first-order valence-electron chi connectivity index (χ1n) is 6.20. The van der Waals surface area contributed by atoms with Crippen LogP contribution < -0.4 is 10.6 Å². The molecule has 0 heterocycles. The second kappa shape index (κ2) is 7.58. The number of hydrogen-bond acceptors (Lipinski definition) is 3. The Morgan fingerprint density at radius 3 is 2.47 bits per heavy atom. The van der Waals surface area contributed by atoms with Gasteiger partial charge in [0, 0.05) is 18.7 Å². The van der Waals surface area contributed by atoms with E-state index in [1.807, 2.05) is 6.26 Å². The number of thioether (sulfide) groups is 1. The van der Waals surface area contributed by atoms with Gasteiger partial charge in [-0.05, 0) is 19.1 Å². The fourth-order valence-electron chi connectivity index (χ4n) is 2.18. The average molecular weight is 258 g/mol. The number of hydrogen-bond donors (Lipinski definition) is 2. The molecule has 0 aromatic rings. The van der Waals surface area contributed by atoms with E-state index in [-0.39, 0.29) is 17.7 Å². The zero-order valence-electron chi connectivity index (χ0n) is 10.6. The van der Waals surface area contributed by atoms with E-state index in [1.165, 1.54) is 6.42 Å². The summed E-state index contributed by atoms with van der Waals surface area (Å²) in [6.45, 7) is 0. The zero-order chi connectivity index (χ0) is 12.7. The topological polar surface area (TPSA) is 58.2 Å². The highest BCUT2D eigenvalue weighted by Gasteiger charge is 2.25. The number of nitrogens with one attached hydrogen (secondary N) is 2. The Labute approximate surface area is 107 Å². The van der Waals surface area contributed by atoms with E-state index in [1.54, 1.807) is 18.8 Å². The predicted octanol–water partition coefficient (Wildman–Crippen LogP) is 1.16. The fourth-order valence-corrected chi connectivity index (χ4v) is 2.75. The van der Waals surface area contributed by atoms with Crippen molar-refractivity contribution < 1.29 is 9.59 Å². The van der Waals surface area contributed by atoms with Crippen LogP contribution in [0, 0.1) is 5.92 Å². The summed E-state index contributed by atoms with van der Waals surface area (Å²) in [5, 5.41) is 5.46. The highest BCUT2D eigenvalue weighted by atomic mass is 32.2. The van der Waals surface area contributed by atoms with Crippen LogP contribution in [0.4, 0.5) is 0 Å². The third-order valence-electron chi connectivity index (χ3n) is 3.19. The van der Waals surface area contributed by atoms with Crippen molar-refractivity contribution in [3.05, 3.63) is 0 Å². The molecule has 17 heavy (non-hydrogen) atoms. The largest absolute Gasteiger partial charge is 0.357 e. The summed E-state index contributed by atoms with van der Waals surface area (Å²) in [7, 11) is 1.60. The van der Waals surface area contributed by atoms with Crippen molar-refractivity contribution in [2.24, 2.45) is 5.92 Å². The molecule has 1 aliphatic carbocycles. The van der Waals surface area contributed by atoms with E-state index < -0.39 is 6.04 Å². The van der Waals surface area contributed by atoms with Gasteiger partial charge in [-0.1, -0.05) is 19.3 Å². The maximum atomic E-state index is 12.0. The van der Waals surface area contributed by atoms with E-state index in [2.05, 4.69) is 10.6 Å². The van der Waals surface area contributed by atoms with Crippen molar-refractivity contribution in [2.45, 2.75) is 38.1 Å². The predicted molar refractivity (Wildman–Crippen MR) is 71.0 cm³/mol. The van der Waals surface area contributed by atoms with Gasteiger partial charge in [0.15, 0.2) is 0 Å². The Kier molecular flexibility index (Phi) is 6.40. The van der Waals surface area contributed by atoms with Gasteiger partial charge in [0.2, 0.25) is 11.8 Å². The number of carbonyl (C=O) groups is 2. The summed E-state index contributed by atoms with van der Waals surface area (Å²) in [6.07, 6.45) is 7.35. The average Bonchev–Trinajstić information content (AvgIpc) is 2.38. The Hall–Kier alpha value is -0.710. The van der Waals surface area contributed by atoms with Crippen LogP contribution in [0.5, 0.6) is 0 Å². The molecule has 4 nitrogen and oxygen atoms in total. The third kappa shape index (κ3) is 4.58. The van der Waals surface area contributed by atoms with E-state index >= 15 is 0 Å². The van der Waals surface area contributed by atoms with Gasteiger partial charge in [-0.3, -0.25) is 9.59 Å². The highest BCUT2D eigenvalue weighted by Crippen LogP contribution is 2.23. The molecule has 1 saturated carbocycles. The Morgan fingerprint density at radius 1 is 1.29 bits per heavy atom. The lowest BCUT2D eigenvalue weighted by molar-refractivity contribution is -0.131. The van der Waals surface area contributed by atoms with Gasteiger partial charge in [-0.15, -0.1) is 0 Å². The molecule has 0 aromatic carbocycles. The van der Waals surface area contributed by atoms with Crippen molar-refractivity contribution in [3.8, 4) is 0 Å². The van der Waals surface area contributed by atoms with Gasteiger partial charge in [-0.25, -0.2) is 0 Å². The summed E-state index contributed by atoms with van der Waals surface area (Å²) in [5.74, 6) is 0.673. The molecule has 0 aromatic heterocycles. The minimum Gasteiger partial charge on any atom is -0.357 e. The molecular weight excluding hydrogens is 236 g/mol. The maximum absolute atomic E-state index is 12.0. The summed E-state index contributed by atoms with van der Waals surface area (Å²) >= 11 is 1.57. The molecule has 1 fully saturated rings. The first-order chi connectivity index (χ1) is 8.19. The van der Waals surface area contributed by atoms with Gasteiger partial charge >= 0.3 is 0 Å². The van der Waals surface area contributed by atoms with Crippen molar-refractivity contribution in [2.75, 3.05) is 19.1 Å². The number of likely N-dealkylation sites (N-methyl/N-ethyl adjacent to an activating group) is 1. The summed E-state index contributed by atoms with van der Waals surface area (Å²) in [6, 6.07) is -0.399. The number of amides is 2. The van der Waals surface area contributed by atoms with Crippen molar-refractivity contribution in [3.63, 3.8) is 0 Å². The van der Waals surface area contributed by atoms with Crippen LogP contribution >= 0.6 is 11.8 Å².